The Bertz CT molecular complexity index is 465. The predicted molar refractivity (Wildman–Crippen MR) is 56.9 cm³/mol. The minimum absolute atomic E-state index is 0.554. The van der Waals surface area contributed by atoms with Gasteiger partial charge in [0.05, 0.1) is 5.56 Å². The van der Waals surface area contributed by atoms with Crippen molar-refractivity contribution >= 4 is 15.9 Å². The van der Waals surface area contributed by atoms with Crippen molar-refractivity contribution in [1.82, 2.24) is 10.2 Å². The van der Waals surface area contributed by atoms with Crippen LogP contribution in [0.4, 0.5) is 0 Å². The summed E-state index contributed by atoms with van der Waals surface area (Å²) in [5, 5.41) is 7.77. The van der Waals surface area contributed by atoms with Crippen LogP contribution in [-0.4, -0.2) is 10.2 Å². The maximum Gasteiger partial charge on any atom is 0.248 e. The maximum absolute atomic E-state index is 5.35. The van der Waals surface area contributed by atoms with Crippen molar-refractivity contribution in [1.29, 1.82) is 0 Å². The zero-order chi connectivity index (χ0) is 10.1. The van der Waals surface area contributed by atoms with E-state index < -0.39 is 0 Å². The SMILES string of the molecule is Cc1ccc(Br)c(-c2nnc(C)o2)c1. The van der Waals surface area contributed by atoms with Crippen molar-refractivity contribution in [2.24, 2.45) is 0 Å². The molecule has 0 saturated carbocycles. The van der Waals surface area contributed by atoms with Crippen LogP contribution in [0.1, 0.15) is 11.5 Å². The standard InChI is InChI=1S/C10H9BrN2O/c1-6-3-4-9(11)8(5-6)10-13-12-7(2)14-10/h3-5H,1-2H3. The quantitative estimate of drug-likeness (QED) is 0.783. The molecule has 0 aliphatic rings. The predicted octanol–water partition coefficient (Wildman–Crippen LogP) is 3.12. The molecule has 3 nitrogen and oxygen atoms in total. The molecule has 0 fully saturated rings. The van der Waals surface area contributed by atoms with E-state index in [1.165, 1.54) is 5.56 Å². The lowest BCUT2D eigenvalue weighted by atomic mass is 10.1. The van der Waals surface area contributed by atoms with E-state index in [1.54, 1.807) is 6.92 Å². The van der Waals surface area contributed by atoms with Gasteiger partial charge in [-0.15, -0.1) is 10.2 Å². The normalized spacial score (nSPS) is 10.5. The number of halogens is 1. The van der Waals surface area contributed by atoms with Gasteiger partial charge in [-0.2, -0.15) is 0 Å². The molecule has 0 amide bonds. The first kappa shape index (κ1) is 9.40. The Balaban J connectivity index is 2.55. The van der Waals surface area contributed by atoms with Crippen LogP contribution in [0.25, 0.3) is 11.5 Å². The molecule has 14 heavy (non-hydrogen) atoms. The first-order chi connectivity index (χ1) is 6.66. The summed E-state index contributed by atoms with van der Waals surface area (Å²) in [5.74, 6) is 1.13. The Morgan fingerprint density at radius 3 is 2.64 bits per heavy atom. The van der Waals surface area contributed by atoms with E-state index in [1.807, 2.05) is 25.1 Å². The fourth-order valence-corrected chi connectivity index (χ4v) is 1.62. The van der Waals surface area contributed by atoms with E-state index in [0.29, 0.717) is 11.8 Å². The number of aryl methyl sites for hydroxylation is 2. The molecule has 0 N–H and O–H groups in total. The Morgan fingerprint density at radius 1 is 1.21 bits per heavy atom. The average Bonchev–Trinajstić information content (AvgIpc) is 2.56. The molecule has 2 aromatic rings. The van der Waals surface area contributed by atoms with Gasteiger partial charge in [0.15, 0.2) is 0 Å². The molecule has 1 aromatic heterocycles. The zero-order valence-electron chi connectivity index (χ0n) is 7.91. The summed E-state index contributed by atoms with van der Waals surface area (Å²) in [4.78, 5) is 0. The van der Waals surface area contributed by atoms with Crippen LogP contribution in [0.15, 0.2) is 27.1 Å². The van der Waals surface area contributed by atoms with Crippen molar-refractivity contribution in [3.8, 4) is 11.5 Å². The third kappa shape index (κ3) is 1.70. The smallest absolute Gasteiger partial charge is 0.248 e. The van der Waals surface area contributed by atoms with Crippen LogP contribution >= 0.6 is 15.9 Å². The lowest BCUT2D eigenvalue weighted by Gasteiger charge is -1.99. The number of hydrogen-bond acceptors (Lipinski definition) is 3. The van der Waals surface area contributed by atoms with E-state index in [-0.39, 0.29) is 0 Å². The van der Waals surface area contributed by atoms with Crippen LogP contribution in [0.3, 0.4) is 0 Å². The fourth-order valence-electron chi connectivity index (χ4n) is 1.21. The summed E-state index contributed by atoms with van der Waals surface area (Å²) in [6.45, 7) is 3.80. The van der Waals surface area contributed by atoms with Crippen LogP contribution < -0.4 is 0 Å². The van der Waals surface area contributed by atoms with Gasteiger partial charge < -0.3 is 4.42 Å². The highest BCUT2D eigenvalue weighted by molar-refractivity contribution is 9.10. The van der Waals surface area contributed by atoms with E-state index >= 15 is 0 Å². The van der Waals surface area contributed by atoms with Crippen molar-refractivity contribution in [3.05, 3.63) is 34.1 Å². The molecule has 0 radical (unpaired) electrons. The van der Waals surface area contributed by atoms with Gasteiger partial charge in [-0.1, -0.05) is 11.6 Å². The van der Waals surface area contributed by atoms with Gasteiger partial charge in [-0.25, -0.2) is 0 Å². The van der Waals surface area contributed by atoms with Gasteiger partial charge in [0.25, 0.3) is 0 Å². The lowest BCUT2D eigenvalue weighted by molar-refractivity contribution is 0.532. The van der Waals surface area contributed by atoms with Crippen molar-refractivity contribution in [2.45, 2.75) is 13.8 Å². The van der Waals surface area contributed by atoms with Gasteiger partial charge in [0.1, 0.15) is 0 Å². The van der Waals surface area contributed by atoms with Crippen molar-refractivity contribution in [3.63, 3.8) is 0 Å². The van der Waals surface area contributed by atoms with E-state index in [2.05, 4.69) is 26.1 Å². The zero-order valence-corrected chi connectivity index (χ0v) is 9.50. The molecule has 0 bridgehead atoms. The van der Waals surface area contributed by atoms with Crippen molar-refractivity contribution in [2.75, 3.05) is 0 Å². The van der Waals surface area contributed by atoms with Gasteiger partial charge in [-0.05, 0) is 35.0 Å². The number of benzene rings is 1. The summed E-state index contributed by atoms with van der Waals surface area (Å²) >= 11 is 3.45. The average molecular weight is 253 g/mol. The second-order valence-electron chi connectivity index (χ2n) is 3.11. The number of rotatable bonds is 1. The Hall–Kier alpha value is -1.16. The molecular formula is C10H9BrN2O. The van der Waals surface area contributed by atoms with Crippen LogP contribution in [-0.2, 0) is 0 Å². The summed E-state index contributed by atoms with van der Waals surface area (Å²) in [6.07, 6.45) is 0. The van der Waals surface area contributed by atoms with E-state index in [9.17, 15) is 0 Å². The monoisotopic (exact) mass is 252 g/mol. The first-order valence-corrected chi connectivity index (χ1v) is 5.03. The summed E-state index contributed by atoms with van der Waals surface area (Å²) in [7, 11) is 0. The highest BCUT2D eigenvalue weighted by Crippen LogP contribution is 2.27. The Kier molecular flexibility index (Phi) is 2.37. The maximum atomic E-state index is 5.35. The third-order valence-electron chi connectivity index (χ3n) is 1.88. The van der Waals surface area contributed by atoms with Crippen LogP contribution in [0, 0.1) is 13.8 Å². The van der Waals surface area contributed by atoms with Crippen molar-refractivity contribution < 1.29 is 4.42 Å². The summed E-state index contributed by atoms with van der Waals surface area (Å²) in [5.41, 5.74) is 2.10. The van der Waals surface area contributed by atoms with Crippen LogP contribution in [0.2, 0.25) is 0 Å². The first-order valence-electron chi connectivity index (χ1n) is 4.23. The van der Waals surface area contributed by atoms with Gasteiger partial charge in [-0.3, -0.25) is 0 Å². The highest BCUT2D eigenvalue weighted by atomic mass is 79.9. The Labute approximate surface area is 90.3 Å². The Morgan fingerprint density at radius 2 is 2.00 bits per heavy atom. The molecule has 0 aliphatic carbocycles. The van der Waals surface area contributed by atoms with Gasteiger partial charge in [0, 0.05) is 11.4 Å². The molecular weight excluding hydrogens is 244 g/mol. The van der Waals surface area contributed by atoms with E-state index in [4.69, 9.17) is 4.42 Å². The second kappa shape index (κ2) is 3.53. The number of nitrogens with zero attached hydrogens (tertiary/aromatic N) is 2. The summed E-state index contributed by atoms with van der Waals surface area (Å²) < 4.78 is 6.32. The minimum atomic E-state index is 0.554. The topological polar surface area (TPSA) is 38.9 Å². The molecule has 0 aliphatic heterocycles. The third-order valence-corrected chi connectivity index (χ3v) is 2.57. The largest absolute Gasteiger partial charge is 0.421 e. The molecule has 0 unspecified atom stereocenters. The minimum Gasteiger partial charge on any atom is -0.421 e. The number of hydrogen-bond donors (Lipinski definition) is 0. The molecule has 2 rings (SSSR count). The van der Waals surface area contributed by atoms with E-state index in [0.717, 1.165) is 10.0 Å². The molecule has 72 valence electrons. The highest BCUT2D eigenvalue weighted by Gasteiger charge is 2.09. The molecule has 0 saturated heterocycles. The molecule has 1 aromatic carbocycles. The van der Waals surface area contributed by atoms with Gasteiger partial charge in [0.2, 0.25) is 11.8 Å². The summed E-state index contributed by atoms with van der Waals surface area (Å²) in [6, 6.07) is 6.01. The lowest BCUT2D eigenvalue weighted by Crippen LogP contribution is -1.81. The molecule has 4 heteroatoms. The molecule has 0 atom stereocenters. The second-order valence-corrected chi connectivity index (χ2v) is 3.96. The molecule has 1 heterocycles. The van der Waals surface area contributed by atoms with Gasteiger partial charge >= 0.3 is 0 Å². The number of aromatic nitrogens is 2. The van der Waals surface area contributed by atoms with Crippen LogP contribution in [0.5, 0.6) is 0 Å². The fraction of sp³-hybridized carbons (Fsp3) is 0.200. The molecule has 0 spiro atoms.